The maximum absolute atomic E-state index is 8.71. The van der Waals surface area contributed by atoms with E-state index in [2.05, 4.69) is 53.1 Å². The Morgan fingerprint density at radius 2 is 2.36 bits per heavy atom. The van der Waals surface area contributed by atoms with Gasteiger partial charge >= 0.3 is 0 Å². The van der Waals surface area contributed by atoms with E-state index in [-0.39, 0.29) is 0 Å². The standard InChI is InChI=1S/C11H8INS/c1-7-10(12)8(2-4-13)6-9-3-5-14-11(7)9/h3,5-6H,2H2,1H3. The van der Waals surface area contributed by atoms with Gasteiger partial charge in [0.1, 0.15) is 0 Å². The van der Waals surface area contributed by atoms with E-state index in [9.17, 15) is 0 Å². The SMILES string of the molecule is Cc1c(I)c(CC#N)cc2ccsc12. The Morgan fingerprint density at radius 1 is 1.57 bits per heavy atom. The lowest BCUT2D eigenvalue weighted by atomic mass is 10.1. The highest BCUT2D eigenvalue weighted by molar-refractivity contribution is 14.1. The van der Waals surface area contributed by atoms with Crippen molar-refractivity contribution in [1.82, 2.24) is 0 Å². The molecule has 1 heterocycles. The molecule has 0 unspecified atom stereocenters. The molecule has 0 bridgehead atoms. The topological polar surface area (TPSA) is 23.8 Å². The second kappa shape index (κ2) is 3.87. The largest absolute Gasteiger partial charge is 0.198 e. The summed E-state index contributed by atoms with van der Waals surface area (Å²) in [5, 5.41) is 12.1. The van der Waals surface area contributed by atoms with Crippen LogP contribution in [-0.2, 0) is 6.42 Å². The van der Waals surface area contributed by atoms with Crippen LogP contribution in [-0.4, -0.2) is 0 Å². The number of rotatable bonds is 1. The summed E-state index contributed by atoms with van der Waals surface area (Å²) in [5.41, 5.74) is 2.46. The van der Waals surface area contributed by atoms with Gasteiger partial charge in [-0.3, -0.25) is 0 Å². The first-order chi connectivity index (χ1) is 6.74. The number of nitriles is 1. The van der Waals surface area contributed by atoms with E-state index in [0.29, 0.717) is 6.42 Å². The normalized spacial score (nSPS) is 10.4. The third-order valence-corrected chi connectivity index (χ3v) is 4.80. The van der Waals surface area contributed by atoms with E-state index in [1.807, 2.05) is 0 Å². The van der Waals surface area contributed by atoms with Crippen molar-refractivity contribution in [2.24, 2.45) is 0 Å². The molecule has 0 aliphatic carbocycles. The number of hydrogen-bond acceptors (Lipinski definition) is 2. The zero-order valence-corrected chi connectivity index (χ0v) is 10.6. The Kier molecular flexibility index (Phi) is 2.75. The van der Waals surface area contributed by atoms with Crippen LogP contribution in [0.5, 0.6) is 0 Å². The molecule has 0 aliphatic heterocycles. The highest BCUT2D eigenvalue weighted by Crippen LogP contribution is 2.30. The van der Waals surface area contributed by atoms with E-state index in [1.165, 1.54) is 19.2 Å². The molecule has 1 aromatic carbocycles. The van der Waals surface area contributed by atoms with Crippen molar-refractivity contribution in [3.63, 3.8) is 0 Å². The van der Waals surface area contributed by atoms with Gasteiger partial charge < -0.3 is 0 Å². The number of nitrogens with zero attached hydrogens (tertiary/aromatic N) is 1. The van der Waals surface area contributed by atoms with Gasteiger partial charge in [-0.05, 0) is 63.5 Å². The summed E-state index contributed by atoms with van der Waals surface area (Å²) in [7, 11) is 0. The van der Waals surface area contributed by atoms with Gasteiger partial charge in [0.2, 0.25) is 0 Å². The number of hydrogen-bond donors (Lipinski definition) is 0. The summed E-state index contributed by atoms with van der Waals surface area (Å²) < 4.78 is 2.58. The molecule has 0 radical (unpaired) electrons. The molecule has 0 atom stereocenters. The van der Waals surface area contributed by atoms with Gasteiger partial charge in [0.05, 0.1) is 12.5 Å². The Labute approximate surface area is 101 Å². The summed E-state index contributed by atoms with van der Waals surface area (Å²) in [6.07, 6.45) is 0.505. The highest BCUT2D eigenvalue weighted by atomic mass is 127. The molecule has 0 N–H and O–H groups in total. The first-order valence-corrected chi connectivity index (χ1v) is 6.22. The molecule has 14 heavy (non-hydrogen) atoms. The fourth-order valence-corrected chi connectivity index (χ4v) is 3.23. The predicted octanol–water partition coefficient (Wildman–Crippen LogP) is 3.88. The summed E-state index contributed by atoms with van der Waals surface area (Å²) in [6.45, 7) is 2.13. The van der Waals surface area contributed by atoms with Crippen LogP contribution in [0.25, 0.3) is 10.1 Å². The predicted molar refractivity (Wildman–Crippen MR) is 68.6 cm³/mol. The molecule has 0 fully saturated rings. The Morgan fingerprint density at radius 3 is 3.07 bits per heavy atom. The fourth-order valence-electron chi connectivity index (χ4n) is 1.54. The second-order valence-corrected chi connectivity index (χ2v) is 5.14. The minimum atomic E-state index is 0.505. The number of thiophene rings is 1. The number of benzene rings is 1. The third kappa shape index (κ3) is 1.53. The quantitative estimate of drug-likeness (QED) is 0.733. The van der Waals surface area contributed by atoms with Crippen LogP contribution in [0, 0.1) is 21.8 Å². The third-order valence-electron chi connectivity index (χ3n) is 2.25. The minimum absolute atomic E-state index is 0.505. The lowest BCUT2D eigenvalue weighted by Crippen LogP contribution is -1.90. The maximum Gasteiger partial charge on any atom is 0.0670 e. The van der Waals surface area contributed by atoms with Gasteiger partial charge in [-0.1, -0.05) is 0 Å². The van der Waals surface area contributed by atoms with E-state index in [1.54, 1.807) is 11.3 Å². The molecule has 3 heteroatoms. The summed E-state index contributed by atoms with van der Waals surface area (Å²) in [6, 6.07) is 6.45. The van der Waals surface area contributed by atoms with Crippen molar-refractivity contribution in [2.75, 3.05) is 0 Å². The first-order valence-electron chi connectivity index (χ1n) is 4.26. The van der Waals surface area contributed by atoms with Crippen molar-refractivity contribution in [2.45, 2.75) is 13.3 Å². The Balaban J connectivity index is 2.75. The van der Waals surface area contributed by atoms with E-state index < -0.39 is 0 Å². The van der Waals surface area contributed by atoms with Crippen molar-refractivity contribution < 1.29 is 0 Å². The average Bonchev–Trinajstić information content (AvgIpc) is 2.62. The molecule has 0 amide bonds. The van der Waals surface area contributed by atoms with Crippen LogP contribution in [0.1, 0.15) is 11.1 Å². The monoisotopic (exact) mass is 313 g/mol. The first kappa shape index (κ1) is 9.94. The Bertz CT molecular complexity index is 522. The van der Waals surface area contributed by atoms with Gasteiger partial charge in [-0.2, -0.15) is 5.26 Å². The van der Waals surface area contributed by atoms with Crippen molar-refractivity contribution >= 4 is 44.0 Å². The molecular formula is C11H8INS. The smallest absolute Gasteiger partial charge is 0.0670 e. The van der Waals surface area contributed by atoms with Crippen molar-refractivity contribution in [3.8, 4) is 6.07 Å². The number of fused-ring (bicyclic) bond motifs is 1. The maximum atomic E-state index is 8.71. The van der Waals surface area contributed by atoms with Gasteiger partial charge in [-0.25, -0.2) is 0 Å². The van der Waals surface area contributed by atoms with Crippen LogP contribution in [0.4, 0.5) is 0 Å². The molecular weight excluding hydrogens is 305 g/mol. The van der Waals surface area contributed by atoms with E-state index in [0.717, 1.165) is 5.56 Å². The average molecular weight is 313 g/mol. The molecule has 1 aromatic heterocycles. The lowest BCUT2D eigenvalue weighted by molar-refractivity contribution is 1.24. The van der Waals surface area contributed by atoms with Gasteiger partial charge in [-0.15, -0.1) is 11.3 Å². The molecule has 0 saturated carbocycles. The number of aryl methyl sites for hydroxylation is 1. The second-order valence-electron chi connectivity index (χ2n) is 3.15. The molecule has 70 valence electrons. The highest BCUT2D eigenvalue weighted by Gasteiger charge is 2.08. The van der Waals surface area contributed by atoms with Crippen LogP contribution in [0.2, 0.25) is 0 Å². The van der Waals surface area contributed by atoms with Gasteiger partial charge in [0.25, 0.3) is 0 Å². The fraction of sp³-hybridized carbons (Fsp3) is 0.182. The van der Waals surface area contributed by atoms with Crippen LogP contribution in [0.15, 0.2) is 17.5 Å². The van der Waals surface area contributed by atoms with Crippen LogP contribution in [0.3, 0.4) is 0 Å². The van der Waals surface area contributed by atoms with Crippen LogP contribution < -0.4 is 0 Å². The molecule has 0 aliphatic rings. The molecule has 0 spiro atoms. The summed E-state index contributed by atoms with van der Waals surface area (Å²) >= 11 is 4.10. The van der Waals surface area contributed by atoms with Gasteiger partial charge in [0, 0.05) is 8.27 Å². The van der Waals surface area contributed by atoms with Gasteiger partial charge in [0.15, 0.2) is 0 Å². The zero-order chi connectivity index (χ0) is 10.1. The summed E-state index contributed by atoms with van der Waals surface area (Å²) in [4.78, 5) is 0. The molecule has 2 aromatic rings. The van der Waals surface area contributed by atoms with Crippen LogP contribution >= 0.6 is 33.9 Å². The molecule has 2 rings (SSSR count). The number of halogens is 1. The van der Waals surface area contributed by atoms with E-state index in [4.69, 9.17) is 5.26 Å². The zero-order valence-electron chi connectivity index (χ0n) is 7.67. The van der Waals surface area contributed by atoms with Crippen molar-refractivity contribution in [3.05, 3.63) is 32.2 Å². The minimum Gasteiger partial charge on any atom is -0.198 e. The van der Waals surface area contributed by atoms with Crippen molar-refractivity contribution in [1.29, 1.82) is 5.26 Å². The summed E-state index contributed by atoms with van der Waals surface area (Å²) in [5.74, 6) is 0. The Hall–Kier alpha value is -0.600. The lowest BCUT2D eigenvalue weighted by Gasteiger charge is -2.05. The van der Waals surface area contributed by atoms with E-state index >= 15 is 0 Å². The molecule has 0 saturated heterocycles. The molecule has 1 nitrogen and oxygen atoms in total.